The highest BCUT2D eigenvalue weighted by atomic mass is 79.9. The zero-order chi connectivity index (χ0) is 13.7. The molecule has 1 fully saturated rings. The van der Waals surface area contributed by atoms with Gasteiger partial charge in [0.2, 0.25) is 0 Å². The van der Waals surface area contributed by atoms with Gasteiger partial charge in [-0.15, -0.1) is 0 Å². The number of likely N-dealkylation sites (N-methyl/N-ethyl adjacent to an activating group) is 1. The highest BCUT2D eigenvalue weighted by Gasteiger charge is 2.21. The van der Waals surface area contributed by atoms with E-state index in [1.165, 1.54) is 18.4 Å². The molecular formula is C15H23BrN2O. The molecule has 0 aromatic heterocycles. The first-order valence-electron chi connectivity index (χ1n) is 6.95. The topological polar surface area (TPSA) is 38.5 Å². The molecule has 2 N–H and O–H groups in total. The molecule has 1 atom stereocenters. The summed E-state index contributed by atoms with van der Waals surface area (Å²) in [5.41, 5.74) is 7.18. The van der Waals surface area contributed by atoms with Gasteiger partial charge in [-0.2, -0.15) is 0 Å². The van der Waals surface area contributed by atoms with Crippen LogP contribution in [0.1, 0.15) is 24.4 Å². The van der Waals surface area contributed by atoms with Crippen molar-refractivity contribution in [3.8, 4) is 0 Å². The summed E-state index contributed by atoms with van der Waals surface area (Å²) in [4.78, 5) is 2.27. The highest BCUT2D eigenvalue weighted by Crippen LogP contribution is 2.29. The number of ether oxygens (including phenoxy) is 1. The van der Waals surface area contributed by atoms with Gasteiger partial charge < -0.3 is 10.5 Å². The fourth-order valence-corrected chi connectivity index (χ4v) is 2.74. The number of benzene rings is 1. The van der Waals surface area contributed by atoms with Crippen LogP contribution in [0.15, 0.2) is 28.7 Å². The lowest BCUT2D eigenvalue weighted by molar-refractivity contribution is 0.0922. The number of hydrogen-bond acceptors (Lipinski definition) is 3. The van der Waals surface area contributed by atoms with Crippen LogP contribution in [-0.4, -0.2) is 38.3 Å². The van der Waals surface area contributed by atoms with Crippen LogP contribution in [0.4, 0.5) is 0 Å². The van der Waals surface area contributed by atoms with Gasteiger partial charge in [-0.1, -0.05) is 34.1 Å². The van der Waals surface area contributed by atoms with Gasteiger partial charge in [0.25, 0.3) is 0 Å². The van der Waals surface area contributed by atoms with E-state index in [1.54, 1.807) is 0 Å². The molecule has 3 nitrogen and oxygen atoms in total. The number of rotatable bonds is 8. The summed E-state index contributed by atoms with van der Waals surface area (Å²) in [5, 5.41) is 0. The largest absolute Gasteiger partial charge is 0.380 e. The van der Waals surface area contributed by atoms with Crippen LogP contribution in [0, 0.1) is 5.92 Å². The van der Waals surface area contributed by atoms with Gasteiger partial charge in [-0.3, -0.25) is 4.90 Å². The second-order valence-electron chi connectivity index (χ2n) is 5.27. The maximum atomic E-state index is 5.93. The molecule has 0 radical (unpaired) electrons. The molecule has 4 heteroatoms. The molecule has 0 amide bonds. The first kappa shape index (κ1) is 15.0. The van der Waals surface area contributed by atoms with Crippen molar-refractivity contribution >= 4 is 15.9 Å². The molecule has 106 valence electrons. The standard InChI is InChI=1S/C15H23BrN2O/c1-18(8-9-19-11-12-6-7-12)15(10-17)13-4-2-3-5-14(13)16/h2-5,12,15H,6-11,17H2,1H3. The Bertz CT molecular complexity index is 395. The Morgan fingerprint density at radius 2 is 2.16 bits per heavy atom. The molecule has 0 heterocycles. The maximum Gasteiger partial charge on any atom is 0.0593 e. The Kier molecular flexibility index (Phi) is 5.82. The second-order valence-corrected chi connectivity index (χ2v) is 6.13. The number of nitrogens with zero attached hydrogens (tertiary/aromatic N) is 1. The summed E-state index contributed by atoms with van der Waals surface area (Å²) in [6.45, 7) is 3.24. The average Bonchev–Trinajstić information content (AvgIpc) is 3.22. The molecule has 1 aliphatic carbocycles. The van der Waals surface area contributed by atoms with Crippen molar-refractivity contribution in [2.75, 3.05) is 33.4 Å². The van der Waals surface area contributed by atoms with E-state index in [0.29, 0.717) is 6.54 Å². The summed E-state index contributed by atoms with van der Waals surface area (Å²) in [7, 11) is 2.11. The molecule has 0 spiro atoms. The second kappa shape index (κ2) is 7.39. The lowest BCUT2D eigenvalue weighted by Crippen LogP contribution is -2.33. The van der Waals surface area contributed by atoms with Gasteiger partial charge in [0, 0.05) is 30.2 Å². The number of nitrogens with two attached hydrogens (primary N) is 1. The van der Waals surface area contributed by atoms with Gasteiger partial charge in [0.05, 0.1) is 6.61 Å². The zero-order valence-electron chi connectivity index (χ0n) is 11.5. The van der Waals surface area contributed by atoms with E-state index in [4.69, 9.17) is 10.5 Å². The van der Waals surface area contributed by atoms with Crippen LogP contribution >= 0.6 is 15.9 Å². The van der Waals surface area contributed by atoms with Crippen molar-refractivity contribution < 1.29 is 4.74 Å². The van der Waals surface area contributed by atoms with E-state index >= 15 is 0 Å². The minimum atomic E-state index is 0.236. The lowest BCUT2D eigenvalue weighted by Gasteiger charge is -2.28. The van der Waals surface area contributed by atoms with Crippen molar-refractivity contribution in [1.29, 1.82) is 0 Å². The third kappa shape index (κ3) is 4.56. The van der Waals surface area contributed by atoms with Crippen molar-refractivity contribution in [1.82, 2.24) is 4.90 Å². The van der Waals surface area contributed by atoms with E-state index in [0.717, 1.165) is 30.1 Å². The van der Waals surface area contributed by atoms with E-state index < -0.39 is 0 Å². The molecular weight excluding hydrogens is 304 g/mol. The quantitative estimate of drug-likeness (QED) is 0.746. The highest BCUT2D eigenvalue weighted by molar-refractivity contribution is 9.10. The maximum absolute atomic E-state index is 5.93. The van der Waals surface area contributed by atoms with Crippen LogP contribution < -0.4 is 5.73 Å². The Balaban J connectivity index is 1.83. The lowest BCUT2D eigenvalue weighted by atomic mass is 10.1. The molecule has 1 aliphatic rings. The zero-order valence-corrected chi connectivity index (χ0v) is 13.1. The molecule has 1 saturated carbocycles. The van der Waals surface area contributed by atoms with Crippen molar-refractivity contribution in [3.63, 3.8) is 0 Å². The minimum absolute atomic E-state index is 0.236. The van der Waals surface area contributed by atoms with Crippen LogP contribution in [0.5, 0.6) is 0 Å². The average molecular weight is 327 g/mol. The number of hydrogen-bond donors (Lipinski definition) is 1. The monoisotopic (exact) mass is 326 g/mol. The van der Waals surface area contributed by atoms with Gasteiger partial charge in [0.15, 0.2) is 0 Å². The van der Waals surface area contributed by atoms with Crippen molar-refractivity contribution in [2.45, 2.75) is 18.9 Å². The van der Waals surface area contributed by atoms with E-state index in [1.807, 2.05) is 6.07 Å². The fraction of sp³-hybridized carbons (Fsp3) is 0.600. The Labute approximate surface area is 124 Å². The molecule has 0 saturated heterocycles. The molecule has 19 heavy (non-hydrogen) atoms. The predicted molar refractivity (Wildman–Crippen MR) is 82.1 cm³/mol. The SMILES string of the molecule is CN(CCOCC1CC1)C(CN)c1ccccc1Br. The summed E-state index contributed by atoms with van der Waals surface area (Å²) < 4.78 is 6.82. The van der Waals surface area contributed by atoms with Gasteiger partial charge in [-0.05, 0) is 37.4 Å². The van der Waals surface area contributed by atoms with Gasteiger partial charge in [-0.25, -0.2) is 0 Å². The third-order valence-electron chi connectivity index (χ3n) is 3.66. The molecule has 0 bridgehead atoms. The van der Waals surface area contributed by atoms with Crippen LogP contribution in [0.3, 0.4) is 0 Å². The van der Waals surface area contributed by atoms with Crippen molar-refractivity contribution in [2.24, 2.45) is 11.7 Å². The summed E-state index contributed by atoms with van der Waals surface area (Å²) in [6, 6.07) is 8.51. The molecule has 2 rings (SSSR count). The smallest absolute Gasteiger partial charge is 0.0593 e. The first-order chi connectivity index (χ1) is 9.22. The molecule has 0 aliphatic heterocycles. The minimum Gasteiger partial charge on any atom is -0.380 e. The summed E-state index contributed by atoms with van der Waals surface area (Å²) in [6.07, 6.45) is 2.69. The van der Waals surface area contributed by atoms with E-state index in [-0.39, 0.29) is 6.04 Å². The van der Waals surface area contributed by atoms with Crippen LogP contribution in [0.25, 0.3) is 0 Å². The Morgan fingerprint density at radius 1 is 1.42 bits per heavy atom. The van der Waals surface area contributed by atoms with Gasteiger partial charge >= 0.3 is 0 Å². The van der Waals surface area contributed by atoms with E-state index in [9.17, 15) is 0 Å². The molecule has 1 aromatic rings. The summed E-state index contributed by atoms with van der Waals surface area (Å²) >= 11 is 3.60. The van der Waals surface area contributed by atoms with Crippen LogP contribution in [0.2, 0.25) is 0 Å². The van der Waals surface area contributed by atoms with Gasteiger partial charge in [0.1, 0.15) is 0 Å². The summed E-state index contributed by atoms with van der Waals surface area (Å²) in [5.74, 6) is 0.832. The Morgan fingerprint density at radius 3 is 2.79 bits per heavy atom. The normalized spacial score (nSPS) is 16.8. The molecule has 1 unspecified atom stereocenters. The predicted octanol–water partition coefficient (Wildman–Crippen LogP) is 2.81. The van der Waals surface area contributed by atoms with Crippen LogP contribution in [-0.2, 0) is 4.74 Å². The Hall–Kier alpha value is -0.420. The van der Waals surface area contributed by atoms with Crippen molar-refractivity contribution in [3.05, 3.63) is 34.3 Å². The third-order valence-corrected chi connectivity index (χ3v) is 4.38. The number of halogens is 1. The fourth-order valence-electron chi connectivity index (χ4n) is 2.19. The first-order valence-corrected chi connectivity index (χ1v) is 7.74. The molecule has 1 aromatic carbocycles. The van der Waals surface area contributed by atoms with E-state index in [2.05, 4.69) is 46.1 Å².